The molecule has 1 aliphatic carbocycles. The van der Waals surface area contributed by atoms with Crippen molar-refractivity contribution >= 4 is 11.5 Å². The molecule has 6 heteroatoms. The molecule has 2 unspecified atom stereocenters. The summed E-state index contributed by atoms with van der Waals surface area (Å²) in [4.78, 5) is 9.15. The Bertz CT molecular complexity index is 933. The van der Waals surface area contributed by atoms with Crippen LogP contribution in [0.25, 0.3) is 16.9 Å². The van der Waals surface area contributed by atoms with Crippen LogP contribution in [-0.2, 0) is 0 Å². The predicted molar refractivity (Wildman–Crippen MR) is 95.7 cm³/mol. The lowest BCUT2D eigenvalue weighted by Crippen LogP contribution is -2.13. The summed E-state index contributed by atoms with van der Waals surface area (Å²) >= 11 is 0. The topological polar surface area (TPSA) is 69.1 Å². The summed E-state index contributed by atoms with van der Waals surface area (Å²) in [6.07, 6.45) is 4.71. The first-order valence-corrected chi connectivity index (χ1v) is 8.81. The first-order chi connectivity index (χ1) is 12.0. The highest BCUT2D eigenvalue weighted by Gasteiger charge is 2.25. The number of hydrogen-bond acceptors (Lipinski definition) is 4. The van der Waals surface area contributed by atoms with Crippen molar-refractivity contribution in [3.8, 4) is 11.3 Å². The van der Waals surface area contributed by atoms with Crippen LogP contribution >= 0.6 is 0 Å². The number of anilines is 1. The number of halogens is 1. The number of nitrogen functional groups attached to an aromatic ring is 1. The Kier molecular flexibility index (Phi) is 3.90. The number of fused-ring (bicyclic) bond motifs is 1. The quantitative estimate of drug-likeness (QED) is 0.763. The zero-order valence-electron chi connectivity index (χ0n) is 14.5. The van der Waals surface area contributed by atoms with E-state index in [4.69, 9.17) is 10.8 Å². The SMILES string of the molecule is Cc1c(-c2cccc(F)c2)nc(N)c2nc(C3CCCC(C)C3)nn12. The molecule has 1 aliphatic rings. The largest absolute Gasteiger partial charge is 0.381 e. The van der Waals surface area contributed by atoms with Crippen molar-refractivity contribution in [2.45, 2.75) is 45.4 Å². The summed E-state index contributed by atoms with van der Waals surface area (Å²) < 4.78 is 15.3. The smallest absolute Gasteiger partial charge is 0.198 e. The summed E-state index contributed by atoms with van der Waals surface area (Å²) in [7, 11) is 0. The van der Waals surface area contributed by atoms with Crippen LogP contribution in [0.1, 0.15) is 50.0 Å². The van der Waals surface area contributed by atoms with Crippen LogP contribution in [0.5, 0.6) is 0 Å². The molecular weight excluding hydrogens is 317 g/mol. The van der Waals surface area contributed by atoms with Gasteiger partial charge in [0.1, 0.15) is 5.82 Å². The molecule has 4 rings (SSSR count). The number of nitrogens with zero attached hydrogens (tertiary/aromatic N) is 4. The molecule has 3 aromatic rings. The molecule has 0 amide bonds. The molecule has 2 heterocycles. The Labute approximate surface area is 146 Å². The molecule has 130 valence electrons. The first-order valence-electron chi connectivity index (χ1n) is 8.81. The van der Waals surface area contributed by atoms with Crippen molar-refractivity contribution < 1.29 is 4.39 Å². The zero-order valence-corrected chi connectivity index (χ0v) is 14.5. The van der Waals surface area contributed by atoms with E-state index in [2.05, 4.69) is 16.9 Å². The van der Waals surface area contributed by atoms with Gasteiger partial charge in [0.2, 0.25) is 0 Å². The lowest BCUT2D eigenvalue weighted by atomic mass is 9.82. The molecule has 2 N–H and O–H groups in total. The maximum Gasteiger partial charge on any atom is 0.198 e. The van der Waals surface area contributed by atoms with E-state index in [0.29, 0.717) is 34.6 Å². The third kappa shape index (κ3) is 2.86. The molecule has 1 fully saturated rings. The molecule has 1 aromatic carbocycles. The van der Waals surface area contributed by atoms with Gasteiger partial charge in [0, 0.05) is 11.5 Å². The lowest BCUT2D eigenvalue weighted by Gasteiger charge is -2.24. The summed E-state index contributed by atoms with van der Waals surface area (Å²) in [5, 5.41) is 4.73. The third-order valence-electron chi connectivity index (χ3n) is 5.14. The van der Waals surface area contributed by atoms with Gasteiger partial charge in [0.15, 0.2) is 17.3 Å². The zero-order chi connectivity index (χ0) is 17.6. The van der Waals surface area contributed by atoms with E-state index in [0.717, 1.165) is 24.4 Å². The van der Waals surface area contributed by atoms with Crippen LogP contribution in [-0.4, -0.2) is 19.6 Å². The normalized spacial score (nSPS) is 20.9. The van der Waals surface area contributed by atoms with Crippen LogP contribution in [0.2, 0.25) is 0 Å². The Morgan fingerprint density at radius 3 is 2.84 bits per heavy atom. The van der Waals surface area contributed by atoms with E-state index in [1.54, 1.807) is 10.6 Å². The fourth-order valence-corrected chi connectivity index (χ4v) is 3.83. The van der Waals surface area contributed by atoms with Gasteiger partial charge >= 0.3 is 0 Å². The number of nitrogens with two attached hydrogens (primary N) is 1. The standard InChI is InChI=1S/C19H22FN5/c1-11-5-3-7-14(9-11)18-23-19-17(21)22-16(12(2)25(19)24-18)13-6-4-8-15(20)10-13/h4,6,8,10-11,14H,3,5,7,9H2,1-2H3,(H2,21,22). The summed E-state index contributed by atoms with van der Waals surface area (Å²) in [5.74, 6) is 1.95. The Morgan fingerprint density at radius 1 is 1.24 bits per heavy atom. The number of aromatic nitrogens is 4. The number of benzene rings is 1. The van der Waals surface area contributed by atoms with Crippen molar-refractivity contribution in [2.75, 3.05) is 5.73 Å². The Balaban J connectivity index is 1.82. The molecule has 2 aromatic heterocycles. The molecule has 0 radical (unpaired) electrons. The second-order valence-electron chi connectivity index (χ2n) is 7.12. The van der Waals surface area contributed by atoms with Gasteiger partial charge in [0.25, 0.3) is 0 Å². The highest BCUT2D eigenvalue weighted by molar-refractivity contribution is 5.69. The van der Waals surface area contributed by atoms with Crippen LogP contribution in [0.15, 0.2) is 24.3 Å². The first kappa shape index (κ1) is 16.0. The monoisotopic (exact) mass is 339 g/mol. The number of aryl methyl sites for hydroxylation is 1. The molecule has 0 spiro atoms. The predicted octanol–water partition coefficient (Wildman–Crippen LogP) is 4.11. The minimum atomic E-state index is -0.298. The van der Waals surface area contributed by atoms with Gasteiger partial charge in [-0.3, -0.25) is 0 Å². The molecule has 2 atom stereocenters. The van der Waals surface area contributed by atoms with E-state index in [9.17, 15) is 4.39 Å². The fraction of sp³-hybridized carbons (Fsp3) is 0.421. The van der Waals surface area contributed by atoms with E-state index >= 15 is 0 Å². The molecule has 1 saturated carbocycles. The van der Waals surface area contributed by atoms with Crippen LogP contribution < -0.4 is 5.73 Å². The fourth-order valence-electron chi connectivity index (χ4n) is 3.83. The highest BCUT2D eigenvalue weighted by atomic mass is 19.1. The molecule has 25 heavy (non-hydrogen) atoms. The molecule has 0 bridgehead atoms. The average Bonchev–Trinajstić information content (AvgIpc) is 3.04. The molecular formula is C19H22FN5. The van der Waals surface area contributed by atoms with E-state index in [-0.39, 0.29) is 5.82 Å². The number of rotatable bonds is 2. The summed E-state index contributed by atoms with van der Waals surface area (Å²) in [5.41, 5.74) is 8.88. The Hall–Kier alpha value is -2.50. The molecule has 5 nitrogen and oxygen atoms in total. The van der Waals surface area contributed by atoms with E-state index in [1.165, 1.54) is 25.0 Å². The highest BCUT2D eigenvalue weighted by Crippen LogP contribution is 2.35. The van der Waals surface area contributed by atoms with Gasteiger partial charge in [-0.05, 0) is 37.8 Å². The second kappa shape index (κ2) is 6.10. The van der Waals surface area contributed by atoms with E-state index < -0.39 is 0 Å². The van der Waals surface area contributed by atoms with Crippen LogP contribution in [0, 0.1) is 18.7 Å². The lowest BCUT2D eigenvalue weighted by molar-refractivity contribution is 0.335. The van der Waals surface area contributed by atoms with Gasteiger partial charge in [-0.15, -0.1) is 0 Å². The van der Waals surface area contributed by atoms with Gasteiger partial charge in [-0.1, -0.05) is 31.9 Å². The minimum absolute atomic E-state index is 0.298. The van der Waals surface area contributed by atoms with Gasteiger partial charge in [-0.25, -0.2) is 18.9 Å². The minimum Gasteiger partial charge on any atom is -0.381 e. The van der Waals surface area contributed by atoms with Crippen molar-refractivity contribution in [1.82, 2.24) is 19.6 Å². The van der Waals surface area contributed by atoms with Crippen molar-refractivity contribution in [1.29, 1.82) is 0 Å². The van der Waals surface area contributed by atoms with Gasteiger partial charge in [-0.2, -0.15) is 5.10 Å². The maximum atomic E-state index is 13.6. The maximum absolute atomic E-state index is 13.6. The second-order valence-corrected chi connectivity index (χ2v) is 7.12. The van der Waals surface area contributed by atoms with Gasteiger partial charge < -0.3 is 5.73 Å². The van der Waals surface area contributed by atoms with Crippen molar-refractivity contribution in [3.05, 3.63) is 41.6 Å². The summed E-state index contributed by atoms with van der Waals surface area (Å²) in [6, 6.07) is 6.37. The van der Waals surface area contributed by atoms with Crippen LogP contribution in [0.3, 0.4) is 0 Å². The number of hydrogen-bond donors (Lipinski definition) is 1. The molecule has 0 aliphatic heterocycles. The van der Waals surface area contributed by atoms with Crippen molar-refractivity contribution in [2.24, 2.45) is 5.92 Å². The van der Waals surface area contributed by atoms with Gasteiger partial charge in [0.05, 0.1) is 11.4 Å². The van der Waals surface area contributed by atoms with Crippen molar-refractivity contribution in [3.63, 3.8) is 0 Å². The van der Waals surface area contributed by atoms with E-state index in [1.807, 2.05) is 13.0 Å². The average molecular weight is 339 g/mol. The third-order valence-corrected chi connectivity index (χ3v) is 5.14. The molecule has 0 saturated heterocycles. The van der Waals surface area contributed by atoms with Crippen LogP contribution in [0.4, 0.5) is 10.2 Å². The Morgan fingerprint density at radius 2 is 2.08 bits per heavy atom. The summed E-state index contributed by atoms with van der Waals surface area (Å²) in [6.45, 7) is 4.20.